The van der Waals surface area contributed by atoms with Crippen LogP contribution in [0.2, 0.25) is 0 Å². The Hall–Kier alpha value is -2.76. The Morgan fingerprint density at radius 2 is 1.91 bits per heavy atom. The van der Waals surface area contributed by atoms with E-state index < -0.39 is 11.9 Å². The monoisotopic (exact) mass is 297 g/mol. The first-order valence-corrected chi connectivity index (χ1v) is 6.97. The molecular formula is C16H15N3O3. The number of fused-ring (bicyclic) bond motifs is 1. The molecule has 3 rings (SSSR count). The lowest BCUT2D eigenvalue weighted by atomic mass is 10.0. The smallest absolute Gasteiger partial charge is 0.311 e. The minimum absolute atomic E-state index is 0.224. The van der Waals surface area contributed by atoms with Gasteiger partial charge in [-0.05, 0) is 24.5 Å². The number of carbonyl (C=O) groups excluding carboxylic acids is 1. The molecule has 0 aliphatic heterocycles. The van der Waals surface area contributed by atoms with Gasteiger partial charge in [0.05, 0.1) is 23.9 Å². The Balaban J connectivity index is 1.83. The molecule has 6 nitrogen and oxygen atoms in total. The molecule has 0 saturated carbocycles. The lowest BCUT2D eigenvalue weighted by molar-refractivity contribution is -0.138. The Morgan fingerprint density at radius 1 is 1.18 bits per heavy atom. The first kappa shape index (κ1) is 14.2. The van der Waals surface area contributed by atoms with Crippen molar-refractivity contribution in [1.82, 2.24) is 15.3 Å². The van der Waals surface area contributed by atoms with Gasteiger partial charge in [-0.15, -0.1) is 0 Å². The van der Waals surface area contributed by atoms with Crippen LogP contribution in [0, 0.1) is 6.92 Å². The number of rotatable bonds is 3. The molecule has 1 aliphatic rings. The summed E-state index contributed by atoms with van der Waals surface area (Å²) in [5, 5.41) is 12.2. The molecule has 2 aromatic rings. The second-order valence-corrected chi connectivity index (χ2v) is 5.32. The van der Waals surface area contributed by atoms with Crippen molar-refractivity contribution in [3.8, 4) is 0 Å². The normalized spacial score (nSPS) is 19.5. The summed E-state index contributed by atoms with van der Waals surface area (Å²) in [6.07, 6.45) is 3.29. The van der Waals surface area contributed by atoms with Crippen LogP contribution in [0.15, 0.2) is 36.7 Å². The van der Waals surface area contributed by atoms with Crippen LogP contribution in [-0.4, -0.2) is 27.0 Å². The van der Waals surface area contributed by atoms with Gasteiger partial charge in [0, 0.05) is 6.20 Å². The molecule has 0 radical (unpaired) electrons. The fourth-order valence-corrected chi connectivity index (χ4v) is 2.75. The maximum absolute atomic E-state index is 12.2. The lowest BCUT2D eigenvalue weighted by Gasteiger charge is -2.13. The van der Waals surface area contributed by atoms with Gasteiger partial charge in [0.15, 0.2) is 0 Å². The van der Waals surface area contributed by atoms with Gasteiger partial charge in [-0.2, -0.15) is 0 Å². The summed E-state index contributed by atoms with van der Waals surface area (Å²) in [7, 11) is 0. The highest BCUT2D eigenvalue weighted by molar-refractivity contribution is 5.92. The van der Waals surface area contributed by atoms with E-state index in [0.717, 1.165) is 16.8 Å². The van der Waals surface area contributed by atoms with Crippen molar-refractivity contribution in [2.45, 2.75) is 25.3 Å². The number of hydrogen-bond acceptors (Lipinski definition) is 4. The molecule has 1 aliphatic carbocycles. The van der Waals surface area contributed by atoms with Crippen molar-refractivity contribution in [2.24, 2.45) is 0 Å². The molecule has 0 saturated heterocycles. The average Bonchev–Trinajstić information content (AvgIpc) is 2.87. The molecule has 2 unspecified atom stereocenters. The fourth-order valence-electron chi connectivity index (χ4n) is 2.75. The third kappa shape index (κ3) is 2.55. The number of benzene rings is 1. The third-order valence-corrected chi connectivity index (χ3v) is 3.84. The van der Waals surface area contributed by atoms with E-state index in [-0.39, 0.29) is 17.6 Å². The predicted molar refractivity (Wildman–Crippen MR) is 78.4 cm³/mol. The van der Waals surface area contributed by atoms with Crippen LogP contribution in [0.25, 0.3) is 0 Å². The zero-order chi connectivity index (χ0) is 15.7. The number of amides is 1. The second-order valence-electron chi connectivity index (χ2n) is 5.32. The molecule has 0 spiro atoms. The van der Waals surface area contributed by atoms with E-state index in [2.05, 4.69) is 15.3 Å². The minimum Gasteiger partial charge on any atom is -0.481 e. The summed E-state index contributed by atoms with van der Waals surface area (Å²) in [6, 6.07) is 6.97. The maximum Gasteiger partial charge on any atom is 0.311 e. The largest absolute Gasteiger partial charge is 0.481 e. The predicted octanol–water partition coefficient (Wildman–Crippen LogP) is 1.83. The molecule has 0 fully saturated rings. The molecule has 22 heavy (non-hydrogen) atoms. The highest BCUT2D eigenvalue weighted by Gasteiger charge is 2.36. The van der Waals surface area contributed by atoms with E-state index in [1.54, 1.807) is 13.0 Å². The molecule has 0 bridgehead atoms. The maximum atomic E-state index is 12.2. The SMILES string of the molecule is Cc1cnc(C(=O)NC2CC(C(=O)O)c3ccccc32)cn1. The van der Waals surface area contributed by atoms with Gasteiger partial charge in [0.1, 0.15) is 5.69 Å². The first-order valence-electron chi connectivity index (χ1n) is 6.97. The van der Waals surface area contributed by atoms with E-state index in [1.165, 1.54) is 12.4 Å². The van der Waals surface area contributed by atoms with Crippen LogP contribution in [0.1, 0.15) is 45.7 Å². The van der Waals surface area contributed by atoms with Crippen molar-refractivity contribution < 1.29 is 14.7 Å². The number of aliphatic carboxylic acids is 1. The van der Waals surface area contributed by atoms with Gasteiger partial charge in [0.2, 0.25) is 0 Å². The van der Waals surface area contributed by atoms with E-state index in [0.29, 0.717) is 6.42 Å². The highest BCUT2D eigenvalue weighted by Crippen LogP contribution is 2.40. The molecule has 2 atom stereocenters. The second kappa shape index (κ2) is 5.55. The summed E-state index contributed by atoms with van der Waals surface area (Å²) < 4.78 is 0. The third-order valence-electron chi connectivity index (χ3n) is 3.84. The van der Waals surface area contributed by atoms with Crippen LogP contribution in [-0.2, 0) is 4.79 Å². The number of nitrogens with one attached hydrogen (secondary N) is 1. The van der Waals surface area contributed by atoms with Crippen LogP contribution in [0.4, 0.5) is 0 Å². The molecule has 1 amide bonds. The summed E-state index contributed by atoms with van der Waals surface area (Å²) in [5.41, 5.74) is 2.56. The molecule has 2 N–H and O–H groups in total. The Morgan fingerprint density at radius 3 is 2.55 bits per heavy atom. The number of hydrogen-bond donors (Lipinski definition) is 2. The van der Waals surface area contributed by atoms with Crippen molar-refractivity contribution in [3.05, 3.63) is 59.2 Å². The summed E-state index contributed by atoms with van der Waals surface area (Å²) in [4.78, 5) is 31.7. The zero-order valence-electron chi connectivity index (χ0n) is 12.0. The standard InChI is InChI=1S/C16H15N3O3/c1-9-7-18-14(8-17-9)15(20)19-13-6-12(16(21)22)10-4-2-3-5-11(10)13/h2-5,7-8,12-13H,6H2,1H3,(H,19,20)(H,21,22). The number of nitrogens with zero attached hydrogens (tertiary/aromatic N) is 2. The number of aryl methyl sites for hydroxylation is 1. The summed E-state index contributed by atoms with van der Waals surface area (Å²) >= 11 is 0. The summed E-state index contributed by atoms with van der Waals surface area (Å²) in [5.74, 6) is -1.82. The molecule has 1 aromatic heterocycles. The number of aromatic nitrogens is 2. The Bertz CT molecular complexity index is 728. The van der Waals surface area contributed by atoms with Crippen molar-refractivity contribution >= 4 is 11.9 Å². The van der Waals surface area contributed by atoms with Gasteiger partial charge in [-0.1, -0.05) is 24.3 Å². The van der Waals surface area contributed by atoms with Crippen molar-refractivity contribution in [1.29, 1.82) is 0 Å². The number of carboxylic acids is 1. The van der Waals surface area contributed by atoms with E-state index in [1.807, 2.05) is 18.2 Å². The summed E-state index contributed by atoms with van der Waals surface area (Å²) in [6.45, 7) is 1.79. The topological polar surface area (TPSA) is 92.2 Å². The van der Waals surface area contributed by atoms with Gasteiger partial charge in [-0.3, -0.25) is 14.6 Å². The molecule has 1 heterocycles. The van der Waals surface area contributed by atoms with E-state index >= 15 is 0 Å². The van der Waals surface area contributed by atoms with E-state index in [9.17, 15) is 14.7 Å². The van der Waals surface area contributed by atoms with Gasteiger partial charge >= 0.3 is 5.97 Å². The number of carboxylic acid groups (broad SMARTS) is 1. The van der Waals surface area contributed by atoms with Crippen LogP contribution in [0.5, 0.6) is 0 Å². The van der Waals surface area contributed by atoms with Crippen LogP contribution >= 0.6 is 0 Å². The van der Waals surface area contributed by atoms with Crippen LogP contribution in [0.3, 0.4) is 0 Å². The lowest BCUT2D eigenvalue weighted by Crippen LogP contribution is -2.28. The van der Waals surface area contributed by atoms with Crippen molar-refractivity contribution in [3.63, 3.8) is 0 Å². The molecule has 6 heteroatoms. The van der Waals surface area contributed by atoms with Crippen molar-refractivity contribution in [2.75, 3.05) is 0 Å². The van der Waals surface area contributed by atoms with Gasteiger partial charge in [0.25, 0.3) is 5.91 Å². The number of carbonyl (C=O) groups is 2. The van der Waals surface area contributed by atoms with Gasteiger partial charge in [-0.25, -0.2) is 4.98 Å². The zero-order valence-corrected chi connectivity index (χ0v) is 12.0. The first-order chi connectivity index (χ1) is 10.6. The quantitative estimate of drug-likeness (QED) is 0.901. The van der Waals surface area contributed by atoms with Crippen LogP contribution < -0.4 is 5.32 Å². The minimum atomic E-state index is -0.876. The molecule has 1 aromatic carbocycles. The Kier molecular flexibility index (Phi) is 3.58. The Labute approximate surface area is 127 Å². The van der Waals surface area contributed by atoms with E-state index in [4.69, 9.17) is 0 Å². The fraction of sp³-hybridized carbons (Fsp3) is 0.250. The van der Waals surface area contributed by atoms with Gasteiger partial charge < -0.3 is 10.4 Å². The highest BCUT2D eigenvalue weighted by atomic mass is 16.4. The molecule has 112 valence electrons. The molecular weight excluding hydrogens is 282 g/mol. The average molecular weight is 297 g/mol.